The molecule has 1 aromatic carbocycles. The van der Waals surface area contributed by atoms with Crippen LogP contribution in [0.5, 0.6) is 0 Å². The minimum atomic E-state index is -0.656. The maximum absolute atomic E-state index is 12.7. The number of nitro benzene ring substituents is 1. The van der Waals surface area contributed by atoms with Gasteiger partial charge in [0.1, 0.15) is 5.69 Å². The van der Waals surface area contributed by atoms with Crippen molar-refractivity contribution in [2.45, 2.75) is 37.5 Å². The molecule has 0 saturated heterocycles. The van der Waals surface area contributed by atoms with Gasteiger partial charge in [0, 0.05) is 18.5 Å². The smallest absolute Gasteiger partial charge is 0.294 e. The molecule has 27 heavy (non-hydrogen) atoms. The maximum Gasteiger partial charge on any atom is 0.294 e. The Morgan fingerprint density at radius 3 is 2.70 bits per heavy atom. The monoisotopic (exact) mass is 366 g/mol. The van der Waals surface area contributed by atoms with E-state index in [2.05, 4.69) is 15.6 Å². The van der Waals surface area contributed by atoms with Crippen LogP contribution < -0.4 is 10.6 Å². The number of nitrogens with zero attached hydrogens (tertiary/aromatic N) is 2. The Kier molecular flexibility index (Phi) is 4.10. The van der Waals surface area contributed by atoms with Crippen LogP contribution in [0.25, 0.3) is 0 Å². The van der Waals surface area contributed by atoms with Gasteiger partial charge in [0.25, 0.3) is 11.6 Å². The zero-order valence-electron chi connectivity index (χ0n) is 14.5. The van der Waals surface area contributed by atoms with E-state index in [0.717, 1.165) is 24.8 Å². The Bertz CT molecular complexity index is 936. The van der Waals surface area contributed by atoms with Gasteiger partial charge in [-0.05, 0) is 36.6 Å². The van der Waals surface area contributed by atoms with Gasteiger partial charge in [0.2, 0.25) is 5.91 Å². The van der Waals surface area contributed by atoms with E-state index in [4.69, 9.17) is 0 Å². The summed E-state index contributed by atoms with van der Waals surface area (Å²) in [7, 11) is 0. The Morgan fingerprint density at radius 2 is 2.04 bits per heavy atom. The van der Waals surface area contributed by atoms with Crippen molar-refractivity contribution in [3.63, 3.8) is 0 Å². The normalized spacial score (nSPS) is 17.3. The summed E-state index contributed by atoms with van der Waals surface area (Å²) in [6.45, 7) is 0. The van der Waals surface area contributed by atoms with Crippen LogP contribution in [0.2, 0.25) is 0 Å². The van der Waals surface area contributed by atoms with E-state index in [1.807, 2.05) is 0 Å². The number of hydrogen-bond donors (Lipinski definition) is 2. The van der Waals surface area contributed by atoms with Crippen molar-refractivity contribution >= 4 is 28.9 Å². The Morgan fingerprint density at radius 1 is 1.26 bits per heavy atom. The molecule has 1 aromatic heterocycles. The molecule has 0 radical (unpaired) electrons. The summed E-state index contributed by atoms with van der Waals surface area (Å²) >= 11 is 0. The second-order valence-electron chi connectivity index (χ2n) is 6.96. The van der Waals surface area contributed by atoms with Gasteiger partial charge >= 0.3 is 0 Å². The number of nitro groups is 1. The van der Waals surface area contributed by atoms with Gasteiger partial charge in [-0.3, -0.25) is 24.7 Å². The summed E-state index contributed by atoms with van der Waals surface area (Å²) in [4.78, 5) is 40.0. The van der Waals surface area contributed by atoms with Crippen molar-refractivity contribution < 1.29 is 14.5 Å². The number of benzene rings is 1. The minimum Gasteiger partial charge on any atom is -0.325 e. The minimum absolute atomic E-state index is 0.0917. The molecule has 138 valence electrons. The fourth-order valence-electron chi connectivity index (χ4n) is 4.05. The van der Waals surface area contributed by atoms with Crippen molar-refractivity contribution in [3.8, 4) is 0 Å². The number of anilines is 2. The van der Waals surface area contributed by atoms with Crippen molar-refractivity contribution in [2.24, 2.45) is 0 Å². The average Bonchev–Trinajstić information content (AvgIpc) is 2.93. The third-order valence-electron chi connectivity index (χ3n) is 5.41. The first-order valence-corrected chi connectivity index (χ1v) is 8.87. The highest BCUT2D eigenvalue weighted by atomic mass is 16.6. The van der Waals surface area contributed by atoms with Crippen LogP contribution in [0.1, 0.15) is 48.0 Å². The molecule has 2 N–H and O–H groups in total. The Hall–Kier alpha value is -3.29. The molecule has 2 heterocycles. The molecule has 4 rings (SSSR count). The molecule has 8 heteroatoms. The van der Waals surface area contributed by atoms with E-state index in [9.17, 15) is 19.7 Å². The van der Waals surface area contributed by atoms with Crippen molar-refractivity contribution in [1.29, 1.82) is 0 Å². The number of rotatable bonds is 3. The predicted octanol–water partition coefficient (Wildman–Crippen LogP) is 3.40. The van der Waals surface area contributed by atoms with Gasteiger partial charge in [-0.25, -0.2) is 0 Å². The van der Waals surface area contributed by atoms with E-state index in [1.165, 1.54) is 12.3 Å². The van der Waals surface area contributed by atoms with Crippen LogP contribution in [0.4, 0.5) is 17.1 Å². The first-order valence-electron chi connectivity index (χ1n) is 8.87. The predicted molar refractivity (Wildman–Crippen MR) is 98.7 cm³/mol. The molecule has 1 saturated carbocycles. The topological polar surface area (TPSA) is 114 Å². The molecule has 2 amide bonds. The molecule has 1 fully saturated rings. The maximum atomic E-state index is 12.7. The quantitative estimate of drug-likeness (QED) is 0.638. The Balaban J connectivity index is 1.77. The lowest BCUT2D eigenvalue weighted by atomic mass is 9.70. The van der Waals surface area contributed by atoms with E-state index in [0.29, 0.717) is 24.1 Å². The zero-order valence-corrected chi connectivity index (χ0v) is 14.5. The molecular weight excluding hydrogens is 348 g/mol. The van der Waals surface area contributed by atoms with Crippen LogP contribution in [-0.4, -0.2) is 21.7 Å². The summed E-state index contributed by atoms with van der Waals surface area (Å²) < 4.78 is 0. The number of amides is 2. The lowest BCUT2D eigenvalue weighted by Gasteiger charge is -2.31. The van der Waals surface area contributed by atoms with Gasteiger partial charge in [-0.15, -0.1) is 0 Å². The van der Waals surface area contributed by atoms with Crippen LogP contribution in [0.3, 0.4) is 0 Å². The summed E-state index contributed by atoms with van der Waals surface area (Å²) in [5, 5.41) is 16.9. The van der Waals surface area contributed by atoms with E-state index < -0.39 is 16.2 Å². The van der Waals surface area contributed by atoms with Gasteiger partial charge in [0.05, 0.1) is 21.6 Å². The summed E-state index contributed by atoms with van der Waals surface area (Å²) in [6.07, 6.45) is 7.28. The van der Waals surface area contributed by atoms with Crippen LogP contribution in [0, 0.1) is 10.1 Å². The lowest BCUT2D eigenvalue weighted by Crippen LogP contribution is -2.36. The molecule has 2 aromatic rings. The largest absolute Gasteiger partial charge is 0.325 e. The van der Waals surface area contributed by atoms with E-state index >= 15 is 0 Å². The molecule has 0 atom stereocenters. The molecule has 8 nitrogen and oxygen atoms in total. The fraction of sp³-hybridized carbons (Fsp3) is 0.316. The number of aromatic nitrogens is 1. The van der Waals surface area contributed by atoms with Gasteiger partial charge < -0.3 is 10.6 Å². The third-order valence-corrected chi connectivity index (χ3v) is 5.41. The zero-order chi connectivity index (χ0) is 19.0. The van der Waals surface area contributed by atoms with Crippen LogP contribution >= 0.6 is 0 Å². The van der Waals surface area contributed by atoms with Crippen LogP contribution in [-0.2, 0) is 10.2 Å². The second-order valence-corrected chi connectivity index (χ2v) is 6.96. The number of pyridine rings is 1. The summed E-state index contributed by atoms with van der Waals surface area (Å²) in [5.41, 5.74) is 0.686. The third kappa shape index (κ3) is 2.83. The SMILES string of the molecule is O=C(Nc1cc2c(cc1[N+](=O)[O-])NC(=O)C21CCCCC1)c1cccnc1. The van der Waals surface area contributed by atoms with Gasteiger partial charge in [-0.1, -0.05) is 19.3 Å². The van der Waals surface area contributed by atoms with Crippen molar-refractivity contribution in [3.05, 3.63) is 57.9 Å². The highest BCUT2D eigenvalue weighted by Gasteiger charge is 2.48. The molecular formula is C19H18N4O4. The van der Waals surface area contributed by atoms with Crippen LogP contribution in [0.15, 0.2) is 36.7 Å². The first kappa shape index (κ1) is 17.1. The summed E-state index contributed by atoms with van der Waals surface area (Å²) in [5.74, 6) is -0.594. The number of carbonyl (C=O) groups excluding carboxylic acids is 2. The van der Waals surface area contributed by atoms with Crippen molar-refractivity contribution in [2.75, 3.05) is 10.6 Å². The number of fused-ring (bicyclic) bond motifs is 2. The average molecular weight is 366 g/mol. The molecule has 1 aliphatic carbocycles. The molecule has 1 aliphatic heterocycles. The number of hydrogen-bond acceptors (Lipinski definition) is 5. The highest BCUT2D eigenvalue weighted by molar-refractivity contribution is 6.09. The molecule has 2 aliphatic rings. The van der Waals surface area contributed by atoms with Gasteiger partial charge in [-0.2, -0.15) is 0 Å². The summed E-state index contributed by atoms with van der Waals surface area (Å²) in [6, 6.07) is 6.13. The van der Waals surface area contributed by atoms with Gasteiger partial charge in [0.15, 0.2) is 0 Å². The molecule has 1 spiro atoms. The second kappa shape index (κ2) is 6.46. The van der Waals surface area contributed by atoms with E-state index in [1.54, 1.807) is 24.4 Å². The fourth-order valence-corrected chi connectivity index (χ4v) is 4.05. The van der Waals surface area contributed by atoms with Crippen molar-refractivity contribution in [1.82, 2.24) is 4.98 Å². The standard InChI is InChI=1S/C19H18N4O4/c24-17(12-5-4-8-20-11-12)21-15-9-13-14(10-16(15)23(26)27)22-18(25)19(13)6-2-1-3-7-19/h4-5,8-11H,1-3,6-7H2,(H,21,24)(H,22,25). The number of nitrogens with one attached hydrogen (secondary N) is 2. The Labute approximate surface area is 155 Å². The lowest BCUT2D eigenvalue weighted by molar-refractivity contribution is -0.383. The molecule has 0 unspecified atom stereocenters. The first-order chi connectivity index (χ1) is 13.0. The van der Waals surface area contributed by atoms with E-state index in [-0.39, 0.29) is 17.3 Å². The highest BCUT2D eigenvalue weighted by Crippen LogP contribution is 2.50. The molecule has 0 bridgehead atoms. The number of carbonyl (C=O) groups is 2.